The van der Waals surface area contributed by atoms with Crippen LogP contribution in [-0.4, -0.2) is 60.1 Å². The summed E-state index contributed by atoms with van der Waals surface area (Å²) in [5, 5.41) is 2.47. The van der Waals surface area contributed by atoms with E-state index in [0.29, 0.717) is 32.0 Å². The molecule has 0 aliphatic carbocycles. The molecule has 0 bridgehead atoms. The number of rotatable bonds is 10. The van der Waals surface area contributed by atoms with Crippen LogP contribution in [0.1, 0.15) is 5.56 Å². The fourth-order valence-corrected chi connectivity index (χ4v) is 2.16. The van der Waals surface area contributed by atoms with Crippen molar-refractivity contribution in [2.24, 2.45) is 0 Å². The average molecular weight is 364 g/mol. The molecule has 0 radical (unpaired) electrons. The van der Waals surface area contributed by atoms with Gasteiger partial charge in [0, 0.05) is 34.4 Å². The van der Waals surface area contributed by atoms with E-state index >= 15 is 0 Å². The Bertz CT molecular complexity index is 545. The van der Waals surface area contributed by atoms with Gasteiger partial charge in [0.05, 0.1) is 30.2 Å². The SMILES string of the molecule is COCCN(CCOC)c1ccc(C(F)(F)F)cc1NC(=O)COC. The molecule has 0 saturated carbocycles. The maximum Gasteiger partial charge on any atom is 0.416 e. The fraction of sp³-hybridized carbons (Fsp3) is 0.562. The summed E-state index contributed by atoms with van der Waals surface area (Å²) < 4.78 is 53.8. The molecular weight excluding hydrogens is 341 g/mol. The number of methoxy groups -OCH3 is 3. The number of nitrogens with zero attached hydrogens (tertiary/aromatic N) is 1. The fourth-order valence-electron chi connectivity index (χ4n) is 2.16. The van der Waals surface area contributed by atoms with Gasteiger partial charge in [0.15, 0.2) is 0 Å². The van der Waals surface area contributed by atoms with E-state index in [9.17, 15) is 18.0 Å². The lowest BCUT2D eigenvalue weighted by Gasteiger charge is -2.27. The molecule has 0 aromatic heterocycles. The molecule has 9 heteroatoms. The molecule has 0 saturated heterocycles. The summed E-state index contributed by atoms with van der Waals surface area (Å²) in [4.78, 5) is 13.6. The maximum absolute atomic E-state index is 13.0. The second kappa shape index (κ2) is 10.2. The van der Waals surface area contributed by atoms with Crippen LogP contribution in [-0.2, 0) is 25.2 Å². The van der Waals surface area contributed by atoms with Gasteiger partial charge >= 0.3 is 6.18 Å². The molecule has 0 fully saturated rings. The van der Waals surface area contributed by atoms with Crippen LogP contribution in [0.2, 0.25) is 0 Å². The highest BCUT2D eigenvalue weighted by Crippen LogP contribution is 2.35. The first kappa shape index (κ1) is 21.2. The molecule has 0 aliphatic heterocycles. The van der Waals surface area contributed by atoms with Crippen molar-refractivity contribution in [3.05, 3.63) is 23.8 Å². The third kappa shape index (κ3) is 6.89. The maximum atomic E-state index is 13.0. The van der Waals surface area contributed by atoms with Crippen LogP contribution in [0.15, 0.2) is 18.2 Å². The van der Waals surface area contributed by atoms with Gasteiger partial charge < -0.3 is 24.4 Å². The summed E-state index contributed by atoms with van der Waals surface area (Å²) in [5.41, 5.74) is -0.335. The summed E-state index contributed by atoms with van der Waals surface area (Å²) in [6.45, 7) is 1.34. The summed E-state index contributed by atoms with van der Waals surface area (Å²) in [7, 11) is 4.39. The highest BCUT2D eigenvalue weighted by atomic mass is 19.4. The number of ether oxygens (including phenoxy) is 3. The van der Waals surface area contributed by atoms with Crippen molar-refractivity contribution in [1.29, 1.82) is 0 Å². The lowest BCUT2D eigenvalue weighted by atomic mass is 10.1. The van der Waals surface area contributed by atoms with Crippen LogP contribution in [0.5, 0.6) is 0 Å². The van der Waals surface area contributed by atoms with Crippen molar-refractivity contribution in [3.8, 4) is 0 Å². The van der Waals surface area contributed by atoms with E-state index in [2.05, 4.69) is 5.32 Å². The highest BCUT2D eigenvalue weighted by Gasteiger charge is 2.31. The minimum Gasteiger partial charge on any atom is -0.383 e. The largest absolute Gasteiger partial charge is 0.416 e. The number of alkyl halides is 3. The summed E-state index contributed by atoms with van der Waals surface area (Å²) in [5.74, 6) is -0.540. The molecule has 25 heavy (non-hydrogen) atoms. The van der Waals surface area contributed by atoms with Crippen molar-refractivity contribution >= 4 is 17.3 Å². The molecule has 6 nitrogen and oxygen atoms in total. The Balaban J connectivity index is 3.21. The van der Waals surface area contributed by atoms with E-state index < -0.39 is 17.6 Å². The molecular formula is C16H23F3N2O4. The third-order valence-corrected chi connectivity index (χ3v) is 3.34. The van der Waals surface area contributed by atoms with Crippen molar-refractivity contribution < 1.29 is 32.2 Å². The second-order valence-electron chi connectivity index (χ2n) is 5.18. The molecule has 1 aromatic rings. The second-order valence-corrected chi connectivity index (χ2v) is 5.18. The lowest BCUT2D eigenvalue weighted by molar-refractivity contribution is -0.137. The predicted molar refractivity (Wildman–Crippen MR) is 87.9 cm³/mol. The van der Waals surface area contributed by atoms with Gasteiger partial charge in [-0.3, -0.25) is 4.79 Å². The Morgan fingerprint density at radius 1 is 1.08 bits per heavy atom. The summed E-state index contributed by atoms with van der Waals surface area (Å²) in [6, 6.07) is 3.22. The van der Waals surface area contributed by atoms with Gasteiger partial charge in [-0.15, -0.1) is 0 Å². The van der Waals surface area contributed by atoms with E-state index in [1.54, 1.807) is 4.90 Å². The average Bonchev–Trinajstić information content (AvgIpc) is 2.55. The van der Waals surface area contributed by atoms with Crippen molar-refractivity contribution in [3.63, 3.8) is 0 Å². The van der Waals surface area contributed by atoms with Crippen molar-refractivity contribution in [1.82, 2.24) is 0 Å². The van der Waals surface area contributed by atoms with Gasteiger partial charge in [-0.05, 0) is 18.2 Å². The molecule has 1 aromatic carbocycles. The first-order chi connectivity index (χ1) is 11.8. The van der Waals surface area contributed by atoms with Gasteiger partial charge in [0.1, 0.15) is 6.61 Å². The molecule has 1 amide bonds. The van der Waals surface area contributed by atoms with Gasteiger partial charge in [0.2, 0.25) is 5.91 Å². The molecule has 0 aliphatic rings. The molecule has 142 valence electrons. The standard InChI is InChI=1S/C16H23F3N2O4/c1-23-8-6-21(7-9-24-2)14-5-4-12(16(17,18)19)10-13(14)20-15(22)11-25-3/h4-5,10H,6-9,11H2,1-3H3,(H,20,22). The highest BCUT2D eigenvalue weighted by molar-refractivity contribution is 5.95. The van der Waals surface area contributed by atoms with Crippen molar-refractivity contribution in [2.75, 3.05) is 64.5 Å². The smallest absolute Gasteiger partial charge is 0.383 e. The van der Waals surface area contributed by atoms with Crippen LogP contribution in [0.25, 0.3) is 0 Å². The predicted octanol–water partition coefficient (Wildman–Crippen LogP) is 2.39. The zero-order valence-corrected chi connectivity index (χ0v) is 14.5. The van der Waals surface area contributed by atoms with E-state index in [4.69, 9.17) is 14.2 Å². The van der Waals surface area contributed by atoms with E-state index in [0.717, 1.165) is 12.1 Å². The number of carbonyl (C=O) groups excluding carboxylic acids is 1. The molecule has 0 heterocycles. The number of benzene rings is 1. The number of amides is 1. The summed E-state index contributed by atoms with van der Waals surface area (Å²) >= 11 is 0. The number of hydrogen-bond donors (Lipinski definition) is 1. The van der Waals surface area contributed by atoms with Gasteiger partial charge in [-0.2, -0.15) is 13.2 Å². The van der Waals surface area contributed by atoms with Crippen LogP contribution >= 0.6 is 0 Å². The topological polar surface area (TPSA) is 60.0 Å². The van der Waals surface area contributed by atoms with E-state index in [1.165, 1.54) is 27.4 Å². The Morgan fingerprint density at radius 3 is 2.16 bits per heavy atom. The molecule has 0 spiro atoms. The Labute approximate surface area is 144 Å². The molecule has 0 unspecified atom stereocenters. The van der Waals surface area contributed by atoms with Crippen LogP contribution in [0.3, 0.4) is 0 Å². The number of carbonyl (C=O) groups is 1. The summed E-state index contributed by atoms with van der Waals surface area (Å²) in [6.07, 6.45) is -4.51. The molecule has 0 atom stereocenters. The van der Waals surface area contributed by atoms with Gasteiger partial charge in [0.25, 0.3) is 0 Å². The van der Waals surface area contributed by atoms with Gasteiger partial charge in [-0.25, -0.2) is 0 Å². The number of hydrogen-bond acceptors (Lipinski definition) is 5. The Hall–Kier alpha value is -1.84. The first-order valence-corrected chi connectivity index (χ1v) is 7.56. The van der Waals surface area contributed by atoms with E-state index in [-0.39, 0.29) is 12.3 Å². The zero-order valence-electron chi connectivity index (χ0n) is 14.5. The zero-order chi connectivity index (χ0) is 18.9. The third-order valence-electron chi connectivity index (χ3n) is 3.34. The van der Waals surface area contributed by atoms with Crippen LogP contribution < -0.4 is 10.2 Å². The first-order valence-electron chi connectivity index (χ1n) is 7.56. The number of halogens is 3. The normalized spacial score (nSPS) is 11.4. The van der Waals surface area contributed by atoms with Crippen molar-refractivity contribution in [2.45, 2.75) is 6.18 Å². The molecule has 1 rings (SSSR count). The monoisotopic (exact) mass is 364 g/mol. The van der Waals surface area contributed by atoms with Gasteiger partial charge in [-0.1, -0.05) is 0 Å². The Morgan fingerprint density at radius 2 is 1.68 bits per heavy atom. The minimum absolute atomic E-state index is 0.0593. The van der Waals surface area contributed by atoms with Crippen LogP contribution in [0.4, 0.5) is 24.5 Å². The van der Waals surface area contributed by atoms with E-state index in [1.807, 2.05) is 0 Å². The molecule has 1 N–H and O–H groups in total. The number of anilines is 2. The number of nitrogens with one attached hydrogen (secondary N) is 1. The van der Waals surface area contributed by atoms with Crippen LogP contribution in [0, 0.1) is 0 Å². The minimum atomic E-state index is -4.51. The Kier molecular flexibility index (Phi) is 8.67. The lowest BCUT2D eigenvalue weighted by Crippen LogP contribution is -2.32. The quantitative estimate of drug-likeness (QED) is 0.691.